The monoisotopic (exact) mass is 353 g/mol. The van der Waals surface area contributed by atoms with E-state index in [0.29, 0.717) is 0 Å². The molecule has 128 valence electrons. The van der Waals surface area contributed by atoms with Crippen molar-refractivity contribution < 1.29 is 12.8 Å². The van der Waals surface area contributed by atoms with Gasteiger partial charge >= 0.3 is 0 Å². The minimum atomic E-state index is -3.58. The van der Waals surface area contributed by atoms with Crippen molar-refractivity contribution in [1.29, 1.82) is 0 Å². The van der Waals surface area contributed by atoms with Crippen molar-refractivity contribution in [2.45, 2.75) is 50.7 Å². The fourth-order valence-corrected chi connectivity index (χ4v) is 3.35. The molecule has 0 aliphatic rings. The second kappa shape index (κ2) is 7.08. The van der Waals surface area contributed by atoms with Crippen LogP contribution in [0.4, 0.5) is 0 Å². The lowest BCUT2D eigenvalue weighted by atomic mass is 10.2. The molecule has 0 amide bonds. The fraction of sp³-hybridized carbons (Fsp3) is 0.529. The summed E-state index contributed by atoms with van der Waals surface area (Å²) in [6.45, 7) is 12.9. The zero-order chi connectivity index (χ0) is 17.9. The van der Waals surface area contributed by atoms with Crippen LogP contribution in [0.2, 0.25) is 18.1 Å². The third kappa shape index (κ3) is 5.10. The molecule has 0 aliphatic carbocycles. The van der Waals surface area contributed by atoms with Crippen LogP contribution in [0.25, 0.3) is 0 Å². The minimum absolute atomic E-state index is 0.106. The molecule has 4 nitrogen and oxygen atoms in total. The number of benzene rings is 1. The average molecular weight is 354 g/mol. The SMILES string of the molecule is Cc1ccc(S(=O)(=O)N(C)C#CCO[Si](C)(C)C(C)(C)C)cc1. The Morgan fingerprint density at radius 2 is 1.70 bits per heavy atom. The van der Waals surface area contributed by atoms with E-state index in [4.69, 9.17) is 4.43 Å². The summed E-state index contributed by atoms with van der Waals surface area (Å²) in [5.41, 5.74) is 1.01. The highest BCUT2D eigenvalue weighted by Crippen LogP contribution is 2.36. The number of nitrogens with zero attached hydrogens (tertiary/aromatic N) is 1. The van der Waals surface area contributed by atoms with Crippen LogP contribution in [0.5, 0.6) is 0 Å². The van der Waals surface area contributed by atoms with Gasteiger partial charge < -0.3 is 4.43 Å². The van der Waals surface area contributed by atoms with E-state index in [0.717, 1.165) is 9.87 Å². The Labute approximate surface area is 142 Å². The minimum Gasteiger partial charge on any atom is -0.406 e. The maximum Gasteiger partial charge on any atom is 0.270 e. The van der Waals surface area contributed by atoms with Crippen LogP contribution in [0.3, 0.4) is 0 Å². The van der Waals surface area contributed by atoms with E-state index >= 15 is 0 Å². The highest BCUT2D eigenvalue weighted by atomic mass is 32.2. The van der Waals surface area contributed by atoms with Crippen LogP contribution >= 0.6 is 0 Å². The molecule has 0 aliphatic heterocycles. The van der Waals surface area contributed by atoms with Gasteiger partial charge in [-0.05, 0) is 37.2 Å². The molecule has 1 aromatic rings. The third-order valence-electron chi connectivity index (χ3n) is 4.23. The topological polar surface area (TPSA) is 46.6 Å². The maximum absolute atomic E-state index is 12.4. The van der Waals surface area contributed by atoms with Crippen molar-refractivity contribution in [2.24, 2.45) is 0 Å². The number of rotatable bonds is 4. The molecule has 0 fully saturated rings. The highest BCUT2D eigenvalue weighted by molar-refractivity contribution is 7.89. The van der Waals surface area contributed by atoms with Crippen LogP contribution in [0.1, 0.15) is 26.3 Å². The average Bonchev–Trinajstić information content (AvgIpc) is 2.42. The van der Waals surface area contributed by atoms with Crippen molar-refractivity contribution in [3.8, 4) is 12.0 Å². The summed E-state index contributed by atoms with van der Waals surface area (Å²) in [6.07, 6.45) is 0. The Morgan fingerprint density at radius 1 is 1.17 bits per heavy atom. The second-order valence-corrected chi connectivity index (χ2v) is 13.9. The summed E-state index contributed by atoms with van der Waals surface area (Å²) in [4.78, 5) is 0.241. The van der Waals surface area contributed by atoms with Gasteiger partial charge in [-0.1, -0.05) is 44.4 Å². The van der Waals surface area contributed by atoms with E-state index in [1.807, 2.05) is 6.92 Å². The van der Waals surface area contributed by atoms with E-state index in [-0.39, 0.29) is 16.5 Å². The van der Waals surface area contributed by atoms with Crippen LogP contribution < -0.4 is 0 Å². The smallest absolute Gasteiger partial charge is 0.270 e. The van der Waals surface area contributed by atoms with Crippen molar-refractivity contribution in [3.63, 3.8) is 0 Å². The van der Waals surface area contributed by atoms with E-state index in [1.165, 1.54) is 7.05 Å². The summed E-state index contributed by atoms with van der Waals surface area (Å²) in [5, 5.41) is 0.106. The van der Waals surface area contributed by atoms with Gasteiger partial charge in [0.1, 0.15) is 0 Å². The molecule has 0 saturated carbocycles. The molecule has 0 saturated heterocycles. The van der Waals surface area contributed by atoms with Crippen LogP contribution in [0, 0.1) is 18.9 Å². The number of hydrogen-bond acceptors (Lipinski definition) is 3. The zero-order valence-electron chi connectivity index (χ0n) is 15.1. The molecule has 0 heterocycles. The zero-order valence-corrected chi connectivity index (χ0v) is 16.9. The molecule has 0 spiro atoms. The van der Waals surface area contributed by atoms with Crippen LogP contribution in [-0.4, -0.2) is 34.7 Å². The molecule has 6 heteroatoms. The van der Waals surface area contributed by atoms with Crippen LogP contribution in [0.15, 0.2) is 29.2 Å². The van der Waals surface area contributed by atoms with Crippen molar-refractivity contribution in [1.82, 2.24) is 4.31 Å². The van der Waals surface area contributed by atoms with Gasteiger partial charge in [-0.25, -0.2) is 12.7 Å². The standard InChI is InChI=1S/C17H27NO3SSi/c1-15-9-11-16(12-10-15)22(19,20)18(5)13-8-14-21-23(6,7)17(2,3)4/h9-12H,14H2,1-7H3. The van der Waals surface area contributed by atoms with E-state index in [2.05, 4.69) is 45.8 Å². The maximum atomic E-state index is 12.4. The molecular formula is C17H27NO3SSi. The van der Waals surface area contributed by atoms with Crippen molar-refractivity contribution in [2.75, 3.05) is 13.7 Å². The quantitative estimate of drug-likeness (QED) is 0.472. The lowest BCUT2D eigenvalue weighted by Gasteiger charge is -2.35. The number of sulfonamides is 1. The first-order valence-electron chi connectivity index (χ1n) is 7.56. The number of aryl methyl sites for hydroxylation is 1. The lowest BCUT2D eigenvalue weighted by molar-refractivity contribution is 0.334. The van der Waals surface area contributed by atoms with E-state index in [1.54, 1.807) is 24.3 Å². The molecular weight excluding hydrogens is 326 g/mol. The van der Waals surface area contributed by atoms with Crippen LogP contribution in [-0.2, 0) is 14.4 Å². The van der Waals surface area contributed by atoms with Gasteiger partial charge in [0.25, 0.3) is 10.0 Å². The summed E-state index contributed by atoms with van der Waals surface area (Å²) in [5.74, 6) is 2.81. The van der Waals surface area contributed by atoms with Gasteiger partial charge in [-0.3, -0.25) is 0 Å². The summed E-state index contributed by atoms with van der Waals surface area (Å²) < 4.78 is 31.7. The Morgan fingerprint density at radius 3 is 2.17 bits per heavy atom. The summed E-state index contributed by atoms with van der Waals surface area (Å²) in [7, 11) is -4.00. The van der Waals surface area contributed by atoms with Gasteiger partial charge in [0, 0.05) is 13.1 Å². The van der Waals surface area contributed by atoms with Gasteiger partial charge in [-0.15, -0.1) is 0 Å². The highest BCUT2D eigenvalue weighted by Gasteiger charge is 2.36. The second-order valence-electron chi connectivity index (χ2n) is 7.12. The normalized spacial score (nSPS) is 12.5. The largest absolute Gasteiger partial charge is 0.406 e. The number of hydrogen-bond donors (Lipinski definition) is 0. The van der Waals surface area contributed by atoms with E-state index < -0.39 is 18.3 Å². The first-order valence-corrected chi connectivity index (χ1v) is 11.9. The molecule has 0 atom stereocenters. The van der Waals surface area contributed by atoms with Crippen molar-refractivity contribution in [3.05, 3.63) is 29.8 Å². The van der Waals surface area contributed by atoms with Gasteiger partial charge in [0.05, 0.1) is 11.5 Å². The molecule has 0 radical (unpaired) electrons. The summed E-state index contributed by atoms with van der Waals surface area (Å²) in [6, 6.07) is 9.38. The van der Waals surface area contributed by atoms with Gasteiger partial charge in [0.2, 0.25) is 0 Å². The molecule has 1 rings (SSSR count). The molecule has 0 aromatic heterocycles. The predicted molar refractivity (Wildman–Crippen MR) is 97.1 cm³/mol. The molecule has 23 heavy (non-hydrogen) atoms. The summed E-state index contributed by atoms with van der Waals surface area (Å²) >= 11 is 0. The fourth-order valence-electron chi connectivity index (χ4n) is 1.51. The van der Waals surface area contributed by atoms with Gasteiger partial charge in [0.15, 0.2) is 8.32 Å². The lowest BCUT2D eigenvalue weighted by Crippen LogP contribution is -2.40. The molecule has 0 unspecified atom stereocenters. The van der Waals surface area contributed by atoms with Crippen molar-refractivity contribution >= 4 is 18.3 Å². The Balaban J connectivity index is 2.77. The molecule has 0 N–H and O–H groups in total. The third-order valence-corrected chi connectivity index (χ3v) is 10.4. The first kappa shape index (κ1) is 19.8. The predicted octanol–water partition coefficient (Wildman–Crippen LogP) is 3.60. The van der Waals surface area contributed by atoms with Gasteiger partial charge in [-0.2, -0.15) is 0 Å². The molecule has 0 bridgehead atoms. The van der Waals surface area contributed by atoms with E-state index in [9.17, 15) is 8.42 Å². The first-order chi connectivity index (χ1) is 10.4. The Kier molecular flexibility index (Phi) is 6.08. The molecule has 1 aromatic carbocycles. The Bertz CT molecular complexity index is 692. The Hall–Kier alpha value is -1.29.